The molecule has 1 heterocycles. The Balaban J connectivity index is 2.84. The van der Waals surface area contributed by atoms with Crippen molar-refractivity contribution < 1.29 is 14.7 Å². The Bertz CT molecular complexity index is 445. The van der Waals surface area contributed by atoms with Crippen LogP contribution in [0, 0.1) is 0 Å². The molecule has 0 radical (unpaired) electrons. The number of hydrogen-bond acceptors (Lipinski definition) is 5. The second-order valence-electron chi connectivity index (χ2n) is 4.25. The second-order valence-corrected chi connectivity index (χ2v) is 4.25. The van der Waals surface area contributed by atoms with Gasteiger partial charge in [-0.05, 0) is 13.8 Å². The fraction of sp³-hybridized carbons (Fsp3) is 0.400. The molecule has 0 aliphatic heterocycles. The van der Waals surface area contributed by atoms with Gasteiger partial charge >= 0.3 is 5.97 Å². The van der Waals surface area contributed by atoms with Crippen LogP contribution in [-0.4, -0.2) is 32.5 Å². The van der Waals surface area contributed by atoms with Crippen LogP contribution < -0.4 is 11.1 Å². The average molecular weight is 238 g/mol. The van der Waals surface area contributed by atoms with Gasteiger partial charge in [0.25, 0.3) is 0 Å². The molecular formula is C10H14N4O3. The molecule has 1 amide bonds. The zero-order chi connectivity index (χ0) is 13.1. The first-order valence-corrected chi connectivity index (χ1v) is 4.92. The van der Waals surface area contributed by atoms with E-state index in [9.17, 15) is 9.59 Å². The lowest BCUT2D eigenvalue weighted by Crippen LogP contribution is -2.36. The van der Waals surface area contributed by atoms with Gasteiger partial charge in [0.2, 0.25) is 5.91 Å². The van der Waals surface area contributed by atoms with E-state index in [1.807, 2.05) is 0 Å². The number of nitrogens with one attached hydrogen (secondary N) is 1. The Hall–Kier alpha value is -2.18. The molecule has 0 bridgehead atoms. The molecule has 0 spiro atoms. The van der Waals surface area contributed by atoms with Gasteiger partial charge in [-0.3, -0.25) is 9.78 Å². The molecule has 0 saturated heterocycles. The van der Waals surface area contributed by atoms with Crippen LogP contribution in [0.5, 0.6) is 0 Å². The van der Waals surface area contributed by atoms with Crippen LogP contribution in [0.25, 0.3) is 0 Å². The summed E-state index contributed by atoms with van der Waals surface area (Å²) in [6, 6.07) is 0. The first kappa shape index (κ1) is 12.9. The van der Waals surface area contributed by atoms with Gasteiger partial charge in [-0.1, -0.05) is 0 Å². The Kier molecular flexibility index (Phi) is 3.62. The number of carboxylic acid groups (broad SMARTS) is 1. The van der Waals surface area contributed by atoms with E-state index in [-0.39, 0.29) is 17.9 Å². The molecule has 0 aliphatic carbocycles. The van der Waals surface area contributed by atoms with Gasteiger partial charge in [-0.15, -0.1) is 0 Å². The monoisotopic (exact) mass is 238 g/mol. The fourth-order valence-corrected chi connectivity index (χ4v) is 1.36. The van der Waals surface area contributed by atoms with Crippen LogP contribution >= 0.6 is 0 Å². The number of hydrogen-bond donors (Lipinski definition) is 3. The van der Waals surface area contributed by atoms with Crippen molar-refractivity contribution in [1.29, 1.82) is 0 Å². The van der Waals surface area contributed by atoms with E-state index >= 15 is 0 Å². The quantitative estimate of drug-likeness (QED) is 0.676. The minimum atomic E-state index is -1.16. The maximum absolute atomic E-state index is 10.8. The van der Waals surface area contributed by atoms with E-state index in [2.05, 4.69) is 15.3 Å². The number of aromatic nitrogens is 2. The molecule has 0 fully saturated rings. The number of carbonyl (C=O) groups is 2. The molecule has 92 valence electrons. The molecule has 7 nitrogen and oxygen atoms in total. The van der Waals surface area contributed by atoms with Crippen molar-refractivity contribution in [3.63, 3.8) is 0 Å². The molecule has 0 aromatic carbocycles. The first-order chi connectivity index (χ1) is 7.80. The highest BCUT2D eigenvalue weighted by Crippen LogP contribution is 2.15. The van der Waals surface area contributed by atoms with E-state index in [4.69, 9.17) is 10.8 Å². The summed E-state index contributed by atoms with van der Waals surface area (Å²) < 4.78 is 0. The van der Waals surface area contributed by atoms with E-state index in [1.54, 1.807) is 13.8 Å². The molecule has 4 N–H and O–H groups in total. The lowest BCUT2D eigenvalue weighted by molar-refractivity contribution is -0.118. The molecule has 0 aliphatic rings. The van der Waals surface area contributed by atoms with Crippen molar-refractivity contribution in [2.24, 2.45) is 5.73 Å². The maximum Gasteiger partial charge on any atom is 0.356 e. The average Bonchev–Trinajstić information content (AvgIpc) is 2.14. The highest BCUT2D eigenvalue weighted by molar-refractivity contribution is 5.85. The summed E-state index contributed by atoms with van der Waals surface area (Å²) in [5, 5.41) is 11.7. The largest absolute Gasteiger partial charge is 0.476 e. The van der Waals surface area contributed by atoms with E-state index in [1.165, 1.54) is 6.20 Å². The summed E-state index contributed by atoms with van der Waals surface area (Å²) >= 11 is 0. The standard InChI is InChI=1S/C10H14N4O3/c1-10(2,3-7(11)15)14-8-5-12-4-6(13-8)9(16)17/h4-5H,3H2,1-2H3,(H2,11,15)(H,13,14)(H,16,17). The number of rotatable bonds is 5. The summed E-state index contributed by atoms with van der Waals surface area (Å²) in [5.41, 5.74) is 4.33. The fourth-order valence-electron chi connectivity index (χ4n) is 1.36. The van der Waals surface area contributed by atoms with Crippen molar-refractivity contribution in [1.82, 2.24) is 9.97 Å². The Morgan fingerprint density at radius 1 is 1.47 bits per heavy atom. The van der Waals surface area contributed by atoms with Gasteiger partial charge in [0.15, 0.2) is 5.69 Å². The van der Waals surface area contributed by atoms with Crippen molar-refractivity contribution in [2.45, 2.75) is 25.8 Å². The minimum absolute atomic E-state index is 0.103. The summed E-state index contributed by atoms with van der Waals surface area (Å²) in [4.78, 5) is 29.1. The summed E-state index contributed by atoms with van der Waals surface area (Å²) in [7, 11) is 0. The number of primary amides is 1. The van der Waals surface area contributed by atoms with Gasteiger partial charge in [-0.25, -0.2) is 9.78 Å². The molecule has 0 saturated carbocycles. The van der Waals surface area contributed by atoms with E-state index in [0.717, 1.165) is 6.20 Å². The molecule has 0 atom stereocenters. The van der Waals surface area contributed by atoms with Crippen molar-refractivity contribution >= 4 is 17.7 Å². The summed E-state index contributed by atoms with van der Waals surface area (Å²) in [5.74, 6) is -1.32. The van der Waals surface area contributed by atoms with Crippen LogP contribution in [0.1, 0.15) is 30.8 Å². The Labute approximate surface area is 98.1 Å². The third-order valence-corrected chi connectivity index (χ3v) is 1.94. The first-order valence-electron chi connectivity index (χ1n) is 4.92. The van der Waals surface area contributed by atoms with Crippen LogP contribution in [0.3, 0.4) is 0 Å². The topological polar surface area (TPSA) is 118 Å². The number of carbonyl (C=O) groups excluding carboxylic acids is 1. The normalized spacial score (nSPS) is 10.9. The molecule has 1 rings (SSSR count). The van der Waals surface area contributed by atoms with Gasteiger partial charge < -0.3 is 16.2 Å². The van der Waals surface area contributed by atoms with Gasteiger partial charge in [0.05, 0.1) is 12.4 Å². The lowest BCUT2D eigenvalue weighted by Gasteiger charge is -2.25. The maximum atomic E-state index is 10.8. The summed E-state index contributed by atoms with van der Waals surface area (Å²) in [6.45, 7) is 3.51. The van der Waals surface area contributed by atoms with Crippen LogP contribution in [0.4, 0.5) is 5.82 Å². The smallest absolute Gasteiger partial charge is 0.356 e. The Morgan fingerprint density at radius 3 is 2.65 bits per heavy atom. The highest BCUT2D eigenvalue weighted by Gasteiger charge is 2.21. The summed E-state index contributed by atoms with van der Waals surface area (Å²) in [6.07, 6.45) is 2.63. The minimum Gasteiger partial charge on any atom is -0.476 e. The third kappa shape index (κ3) is 4.06. The van der Waals surface area contributed by atoms with E-state index in [0.29, 0.717) is 0 Å². The van der Waals surface area contributed by atoms with Gasteiger partial charge in [0.1, 0.15) is 5.82 Å². The van der Waals surface area contributed by atoms with Crippen LogP contribution in [-0.2, 0) is 4.79 Å². The third-order valence-electron chi connectivity index (χ3n) is 1.94. The zero-order valence-electron chi connectivity index (χ0n) is 9.60. The number of nitrogens with two attached hydrogens (primary N) is 1. The lowest BCUT2D eigenvalue weighted by atomic mass is 10.0. The molecule has 1 aromatic heterocycles. The SMILES string of the molecule is CC(C)(CC(N)=O)Nc1cncc(C(=O)O)n1. The molecular weight excluding hydrogens is 224 g/mol. The number of amides is 1. The number of anilines is 1. The van der Waals surface area contributed by atoms with Crippen molar-refractivity contribution in [2.75, 3.05) is 5.32 Å². The molecule has 0 unspecified atom stereocenters. The predicted octanol–water partition coefficient (Wildman–Crippen LogP) is 0.241. The van der Waals surface area contributed by atoms with Crippen molar-refractivity contribution in [3.05, 3.63) is 18.1 Å². The molecule has 17 heavy (non-hydrogen) atoms. The van der Waals surface area contributed by atoms with Crippen LogP contribution in [0.15, 0.2) is 12.4 Å². The zero-order valence-corrected chi connectivity index (χ0v) is 9.60. The van der Waals surface area contributed by atoms with Gasteiger partial charge in [0, 0.05) is 12.0 Å². The van der Waals surface area contributed by atoms with Crippen LogP contribution in [0.2, 0.25) is 0 Å². The van der Waals surface area contributed by atoms with Gasteiger partial charge in [-0.2, -0.15) is 0 Å². The Morgan fingerprint density at radius 2 is 2.12 bits per heavy atom. The number of aromatic carboxylic acids is 1. The number of nitrogens with zero attached hydrogens (tertiary/aromatic N) is 2. The molecule has 7 heteroatoms. The highest BCUT2D eigenvalue weighted by atomic mass is 16.4. The molecule has 1 aromatic rings. The van der Waals surface area contributed by atoms with E-state index < -0.39 is 17.4 Å². The van der Waals surface area contributed by atoms with Crippen molar-refractivity contribution in [3.8, 4) is 0 Å². The number of carboxylic acids is 1. The second kappa shape index (κ2) is 4.77. The predicted molar refractivity (Wildman–Crippen MR) is 60.5 cm³/mol.